The second kappa shape index (κ2) is 9.36. The van der Waals surface area contributed by atoms with Crippen LogP contribution in [0.3, 0.4) is 0 Å². The Hall–Kier alpha value is -2.81. The summed E-state index contributed by atoms with van der Waals surface area (Å²) in [6, 6.07) is 8.68. The lowest BCUT2D eigenvalue weighted by Crippen LogP contribution is -2.33. The maximum absolute atomic E-state index is 12.3. The SMILES string of the molecule is COCCNC(=O)COC(=O)[C@@H](Cc1ccccc1)n1cnnn1. The summed E-state index contributed by atoms with van der Waals surface area (Å²) in [6.45, 7) is 0.379. The van der Waals surface area contributed by atoms with Gasteiger partial charge in [0.1, 0.15) is 6.33 Å². The van der Waals surface area contributed by atoms with Crippen molar-refractivity contribution < 1.29 is 19.1 Å². The predicted octanol–water partition coefficient (Wildman–Crippen LogP) is -0.237. The molecule has 1 amide bonds. The van der Waals surface area contributed by atoms with Crippen LogP contribution >= 0.6 is 0 Å². The number of aromatic nitrogens is 4. The molecule has 2 aromatic rings. The average molecular weight is 333 g/mol. The summed E-state index contributed by atoms with van der Waals surface area (Å²) >= 11 is 0. The molecule has 0 aliphatic rings. The third-order valence-corrected chi connectivity index (χ3v) is 3.20. The number of ether oxygens (including phenoxy) is 2. The van der Waals surface area contributed by atoms with Crippen molar-refractivity contribution in [2.24, 2.45) is 0 Å². The molecule has 0 fully saturated rings. The highest BCUT2D eigenvalue weighted by Crippen LogP contribution is 2.14. The molecular weight excluding hydrogens is 314 g/mol. The number of nitrogens with one attached hydrogen (secondary N) is 1. The van der Waals surface area contributed by atoms with Crippen molar-refractivity contribution in [3.05, 3.63) is 42.2 Å². The Labute approximate surface area is 138 Å². The molecule has 9 nitrogen and oxygen atoms in total. The molecular formula is C15H19N5O4. The Bertz CT molecular complexity index is 633. The fraction of sp³-hybridized carbons (Fsp3) is 0.400. The molecule has 1 aromatic carbocycles. The zero-order chi connectivity index (χ0) is 17.2. The molecule has 2 rings (SSSR count). The van der Waals surface area contributed by atoms with Gasteiger partial charge >= 0.3 is 5.97 Å². The number of carbonyl (C=O) groups excluding carboxylic acids is 2. The van der Waals surface area contributed by atoms with Crippen molar-refractivity contribution in [2.45, 2.75) is 12.5 Å². The zero-order valence-electron chi connectivity index (χ0n) is 13.3. The molecule has 0 saturated heterocycles. The Kier molecular flexibility index (Phi) is 6.84. The zero-order valence-corrected chi connectivity index (χ0v) is 13.3. The number of tetrazole rings is 1. The lowest BCUT2D eigenvalue weighted by atomic mass is 10.1. The van der Waals surface area contributed by atoms with Crippen molar-refractivity contribution in [1.82, 2.24) is 25.5 Å². The van der Waals surface area contributed by atoms with E-state index < -0.39 is 17.9 Å². The minimum atomic E-state index is -0.742. The first kappa shape index (κ1) is 17.5. The number of amides is 1. The fourth-order valence-corrected chi connectivity index (χ4v) is 2.01. The van der Waals surface area contributed by atoms with Crippen LogP contribution in [0.15, 0.2) is 36.7 Å². The van der Waals surface area contributed by atoms with Gasteiger partial charge in [-0.05, 0) is 16.0 Å². The molecule has 0 spiro atoms. The lowest BCUT2D eigenvalue weighted by molar-refractivity contribution is -0.152. The van der Waals surface area contributed by atoms with Crippen LogP contribution in [0.25, 0.3) is 0 Å². The normalized spacial score (nSPS) is 11.7. The third kappa shape index (κ3) is 5.43. The second-order valence-electron chi connectivity index (χ2n) is 4.95. The Balaban J connectivity index is 1.94. The first-order chi connectivity index (χ1) is 11.7. The van der Waals surface area contributed by atoms with Gasteiger partial charge in [-0.1, -0.05) is 30.3 Å². The van der Waals surface area contributed by atoms with E-state index in [9.17, 15) is 9.59 Å². The van der Waals surface area contributed by atoms with E-state index in [1.807, 2.05) is 30.3 Å². The molecule has 1 heterocycles. The number of rotatable bonds is 9. The molecule has 0 radical (unpaired) electrons. The maximum atomic E-state index is 12.3. The molecule has 1 aromatic heterocycles. The Morgan fingerprint density at radius 2 is 2.08 bits per heavy atom. The fourth-order valence-electron chi connectivity index (χ4n) is 2.01. The number of nitrogens with zero attached hydrogens (tertiary/aromatic N) is 4. The van der Waals surface area contributed by atoms with Crippen LogP contribution < -0.4 is 5.32 Å². The Morgan fingerprint density at radius 3 is 2.75 bits per heavy atom. The highest BCUT2D eigenvalue weighted by atomic mass is 16.5. The number of benzene rings is 1. The molecule has 0 aliphatic heterocycles. The molecule has 0 unspecified atom stereocenters. The van der Waals surface area contributed by atoms with Crippen LogP contribution in [0.2, 0.25) is 0 Å². The Morgan fingerprint density at radius 1 is 1.29 bits per heavy atom. The van der Waals surface area contributed by atoms with Crippen LogP contribution in [0.1, 0.15) is 11.6 Å². The lowest BCUT2D eigenvalue weighted by Gasteiger charge is -2.15. The topological polar surface area (TPSA) is 108 Å². The van der Waals surface area contributed by atoms with Gasteiger partial charge in [-0.15, -0.1) is 5.10 Å². The summed E-state index contributed by atoms with van der Waals surface area (Å²) in [6.07, 6.45) is 1.70. The van der Waals surface area contributed by atoms with Gasteiger partial charge in [0.2, 0.25) is 0 Å². The number of methoxy groups -OCH3 is 1. The molecule has 0 bridgehead atoms. The van der Waals surface area contributed by atoms with E-state index in [1.165, 1.54) is 18.1 Å². The minimum absolute atomic E-state index is 0.354. The summed E-state index contributed by atoms with van der Waals surface area (Å²) in [5.41, 5.74) is 0.930. The third-order valence-electron chi connectivity index (χ3n) is 3.20. The van der Waals surface area contributed by atoms with Gasteiger partial charge in [-0.25, -0.2) is 9.48 Å². The largest absolute Gasteiger partial charge is 0.454 e. The first-order valence-corrected chi connectivity index (χ1v) is 7.39. The van der Waals surface area contributed by atoms with E-state index in [4.69, 9.17) is 9.47 Å². The monoisotopic (exact) mass is 333 g/mol. The van der Waals surface area contributed by atoms with Gasteiger partial charge in [0.05, 0.1) is 6.61 Å². The van der Waals surface area contributed by atoms with Gasteiger partial charge < -0.3 is 14.8 Å². The predicted molar refractivity (Wildman–Crippen MR) is 82.8 cm³/mol. The summed E-state index contributed by atoms with van der Waals surface area (Å²) in [5.74, 6) is -0.969. The van der Waals surface area contributed by atoms with Crippen LogP contribution in [0.5, 0.6) is 0 Å². The standard InChI is InChI=1S/C15H19N5O4/c1-23-8-7-16-14(21)10-24-15(22)13(20-11-17-18-19-20)9-12-5-3-2-4-6-12/h2-6,11,13H,7-10H2,1H3,(H,16,21)/t13-/m1/s1. The van der Waals surface area contributed by atoms with Gasteiger partial charge in [-0.3, -0.25) is 4.79 Å². The summed E-state index contributed by atoms with van der Waals surface area (Å²) in [4.78, 5) is 23.9. The van der Waals surface area contributed by atoms with Crippen LogP contribution in [0.4, 0.5) is 0 Å². The van der Waals surface area contributed by atoms with Crippen LogP contribution in [-0.2, 0) is 25.5 Å². The number of hydrogen-bond acceptors (Lipinski definition) is 7. The molecule has 1 N–H and O–H groups in total. The quantitative estimate of drug-likeness (QED) is 0.498. The number of carbonyl (C=O) groups is 2. The van der Waals surface area contributed by atoms with E-state index in [0.717, 1.165) is 5.56 Å². The van der Waals surface area contributed by atoms with Gasteiger partial charge in [-0.2, -0.15) is 0 Å². The van der Waals surface area contributed by atoms with Gasteiger partial charge in [0.15, 0.2) is 12.6 Å². The summed E-state index contributed by atoms with van der Waals surface area (Å²) < 4.78 is 11.2. The summed E-state index contributed by atoms with van der Waals surface area (Å²) in [7, 11) is 1.53. The maximum Gasteiger partial charge on any atom is 0.331 e. The van der Waals surface area contributed by atoms with Gasteiger partial charge in [0.25, 0.3) is 5.91 Å². The van der Waals surface area contributed by atoms with Crippen molar-refractivity contribution in [1.29, 1.82) is 0 Å². The smallest absolute Gasteiger partial charge is 0.331 e. The van der Waals surface area contributed by atoms with Crippen LogP contribution in [0, 0.1) is 0 Å². The number of esters is 1. The van der Waals surface area contributed by atoms with Crippen molar-refractivity contribution in [3.8, 4) is 0 Å². The minimum Gasteiger partial charge on any atom is -0.454 e. The van der Waals surface area contributed by atoms with E-state index >= 15 is 0 Å². The van der Waals surface area contributed by atoms with Crippen molar-refractivity contribution in [2.75, 3.05) is 26.9 Å². The highest BCUT2D eigenvalue weighted by molar-refractivity contribution is 5.81. The van der Waals surface area contributed by atoms with Gasteiger partial charge in [0, 0.05) is 20.1 Å². The first-order valence-electron chi connectivity index (χ1n) is 7.39. The van der Waals surface area contributed by atoms with Crippen molar-refractivity contribution >= 4 is 11.9 Å². The summed E-state index contributed by atoms with van der Waals surface area (Å²) in [5, 5.41) is 13.4. The van der Waals surface area contributed by atoms with Crippen LogP contribution in [-0.4, -0.2) is 59.0 Å². The second-order valence-corrected chi connectivity index (χ2v) is 4.95. The van der Waals surface area contributed by atoms with E-state index in [2.05, 4.69) is 20.8 Å². The van der Waals surface area contributed by atoms with E-state index in [-0.39, 0.29) is 6.61 Å². The molecule has 9 heteroatoms. The molecule has 0 saturated carbocycles. The number of hydrogen-bond donors (Lipinski definition) is 1. The average Bonchev–Trinajstić information content (AvgIpc) is 3.13. The van der Waals surface area contributed by atoms with E-state index in [1.54, 1.807) is 0 Å². The molecule has 1 atom stereocenters. The van der Waals surface area contributed by atoms with E-state index in [0.29, 0.717) is 19.6 Å². The van der Waals surface area contributed by atoms with Crippen molar-refractivity contribution in [3.63, 3.8) is 0 Å². The highest BCUT2D eigenvalue weighted by Gasteiger charge is 2.24. The molecule has 24 heavy (non-hydrogen) atoms. The molecule has 0 aliphatic carbocycles. The molecule has 128 valence electrons.